The van der Waals surface area contributed by atoms with Gasteiger partial charge in [0.15, 0.2) is 17.5 Å². The molecule has 0 fully saturated rings. The molecule has 15 rings (SSSR count). The molecule has 0 saturated heterocycles. The summed E-state index contributed by atoms with van der Waals surface area (Å²) < 4.78 is 79.6. The van der Waals surface area contributed by atoms with E-state index < -0.39 is 12.1 Å². The molecular formula is C63H36N4O2S. The van der Waals surface area contributed by atoms with Crippen LogP contribution in [0.4, 0.5) is 0 Å². The lowest BCUT2D eigenvalue weighted by molar-refractivity contribution is 0.669. The number of benzene rings is 10. The summed E-state index contributed by atoms with van der Waals surface area (Å²) in [4.78, 5) is 15.7. The van der Waals surface area contributed by atoms with Gasteiger partial charge < -0.3 is 13.4 Å². The molecule has 326 valence electrons. The molecule has 7 heteroatoms. The van der Waals surface area contributed by atoms with E-state index in [1.807, 2.05) is 91.0 Å². The highest BCUT2D eigenvalue weighted by atomic mass is 32.1. The second kappa shape index (κ2) is 15.2. The van der Waals surface area contributed by atoms with E-state index in [9.17, 15) is 2.74 Å². The van der Waals surface area contributed by atoms with Crippen LogP contribution in [0, 0.1) is 0 Å². The maximum Gasteiger partial charge on any atom is 0.166 e. The molecule has 70 heavy (non-hydrogen) atoms. The molecule has 0 saturated carbocycles. The highest BCUT2D eigenvalue weighted by Gasteiger charge is 2.21. The minimum Gasteiger partial charge on any atom is -0.455 e. The monoisotopic (exact) mass is 919 g/mol. The van der Waals surface area contributed by atoms with E-state index in [4.69, 9.17) is 30.6 Å². The number of nitrogens with zero attached hydrogens (tertiary/aromatic N) is 4. The van der Waals surface area contributed by atoms with Crippen LogP contribution in [0.25, 0.3) is 148 Å². The van der Waals surface area contributed by atoms with Crippen LogP contribution in [0.3, 0.4) is 0 Å². The van der Waals surface area contributed by atoms with Gasteiger partial charge in [-0.25, -0.2) is 15.0 Å². The maximum absolute atomic E-state index is 9.25. The normalized spacial score (nSPS) is 13.4. The van der Waals surface area contributed by atoms with Crippen LogP contribution >= 0.6 is 11.3 Å². The molecule has 0 amide bonds. The Balaban J connectivity index is 0.920. The Labute approximate surface area is 413 Å². The lowest BCUT2D eigenvalue weighted by Crippen LogP contribution is -2.03. The highest BCUT2D eigenvalue weighted by molar-refractivity contribution is 7.25. The van der Waals surface area contributed by atoms with Gasteiger partial charge in [-0.15, -0.1) is 11.3 Å². The van der Waals surface area contributed by atoms with Gasteiger partial charge in [-0.1, -0.05) is 145 Å². The summed E-state index contributed by atoms with van der Waals surface area (Å²) in [6, 6.07) is 55.6. The number of hydrogen-bond acceptors (Lipinski definition) is 6. The minimum absolute atomic E-state index is 0.0544. The Morgan fingerprint density at radius 2 is 0.943 bits per heavy atom. The summed E-state index contributed by atoms with van der Waals surface area (Å²) in [5.74, 6) is 1.03. The van der Waals surface area contributed by atoms with E-state index in [0.29, 0.717) is 28.5 Å². The van der Waals surface area contributed by atoms with Gasteiger partial charge in [0.05, 0.1) is 26.3 Å². The van der Waals surface area contributed by atoms with Crippen molar-refractivity contribution < 1.29 is 18.4 Å². The van der Waals surface area contributed by atoms with E-state index >= 15 is 0 Å². The summed E-state index contributed by atoms with van der Waals surface area (Å²) in [6.45, 7) is 0. The van der Waals surface area contributed by atoms with Gasteiger partial charge in [-0.05, 0) is 83.9 Å². The van der Waals surface area contributed by atoms with Gasteiger partial charge in [0.1, 0.15) is 22.3 Å². The van der Waals surface area contributed by atoms with Crippen molar-refractivity contribution in [3.63, 3.8) is 0 Å². The van der Waals surface area contributed by atoms with Crippen molar-refractivity contribution in [1.29, 1.82) is 0 Å². The molecule has 0 aliphatic rings. The Bertz CT molecular complexity index is 5060. The predicted molar refractivity (Wildman–Crippen MR) is 289 cm³/mol. The number of aromatic nitrogens is 4. The Hall–Kier alpha value is -9.17. The molecule has 0 spiro atoms. The van der Waals surface area contributed by atoms with Gasteiger partial charge in [0, 0.05) is 80.3 Å². The Morgan fingerprint density at radius 1 is 0.371 bits per heavy atom. The molecule has 0 atom stereocenters. The zero-order chi connectivity index (χ0) is 52.0. The fourth-order valence-corrected chi connectivity index (χ4v) is 11.3. The largest absolute Gasteiger partial charge is 0.455 e. The van der Waals surface area contributed by atoms with Gasteiger partial charge in [-0.2, -0.15) is 0 Å². The van der Waals surface area contributed by atoms with Gasteiger partial charge in [0.2, 0.25) is 0 Å². The summed E-state index contributed by atoms with van der Waals surface area (Å²) in [5.41, 5.74) is 9.49. The van der Waals surface area contributed by atoms with Crippen molar-refractivity contribution in [2.45, 2.75) is 0 Å². The van der Waals surface area contributed by atoms with Gasteiger partial charge in [-0.3, -0.25) is 0 Å². The number of para-hydroxylation sites is 6. The lowest BCUT2D eigenvalue weighted by Gasteiger charge is -2.15. The van der Waals surface area contributed by atoms with Crippen molar-refractivity contribution in [2.75, 3.05) is 0 Å². The Kier molecular flexibility index (Phi) is 7.05. The molecule has 0 aliphatic carbocycles. The van der Waals surface area contributed by atoms with Crippen molar-refractivity contribution in [3.8, 4) is 62.1 Å². The van der Waals surface area contributed by atoms with Crippen molar-refractivity contribution in [2.24, 2.45) is 0 Å². The van der Waals surface area contributed by atoms with Gasteiger partial charge in [0.25, 0.3) is 0 Å². The predicted octanol–water partition coefficient (Wildman–Crippen LogP) is 17.5. The van der Waals surface area contributed by atoms with Crippen LogP contribution in [0.2, 0.25) is 0 Å². The highest BCUT2D eigenvalue weighted by Crippen LogP contribution is 2.43. The SMILES string of the molecule is [2H]c1cc([2H])c2c(c1[2H])c1c([2H])c([2H])c([2H])c([2H])c1n2-c1ccccc1-c1nc(-c2cccc(-c3cccc4c3oc3ccc(-c5cccc6c5oc5ccccc56)cc34)c2)nc(-c2ccc3sc4ccccc4c3c2)n1. The molecule has 15 aromatic rings. The first-order valence-electron chi connectivity index (χ1n) is 26.3. The average molecular weight is 920 g/mol. The maximum atomic E-state index is 9.25. The van der Waals surface area contributed by atoms with Crippen LogP contribution in [0.5, 0.6) is 0 Å². The standard InChI is InChI=1S/C63H36N4O2S/c1-6-25-52-43(16-1)44-17-2-7-26-53(44)67(52)54-27-8-3-20-49(54)63-65-61(64-62(66-63)40-31-33-58-51(36-40)46-19-5-10-29-57(46)70-58)39-15-11-14-37(34-39)41-21-13-24-48-50-35-38(30-32-56(50)69-60(41)48)42-22-12-23-47-45-18-4-9-28-55(45)68-59(42)47/h1-36H/i1D,2D,6D,16D,17D,25D,26D. The molecule has 6 nitrogen and oxygen atoms in total. The zero-order valence-electron chi connectivity index (χ0n) is 43.8. The topological polar surface area (TPSA) is 69.9 Å². The van der Waals surface area contributed by atoms with Crippen LogP contribution in [-0.4, -0.2) is 19.5 Å². The van der Waals surface area contributed by atoms with Gasteiger partial charge >= 0.3 is 0 Å². The van der Waals surface area contributed by atoms with Crippen molar-refractivity contribution >= 4 is 97.2 Å². The van der Waals surface area contributed by atoms with Crippen LogP contribution in [-0.2, 0) is 0 Å². The van der Waals surface area contributed by atoms with E-state index in [1.165, 1.54) is 6.07 Å². The second-order valence-electron chi connectivity index (χ2n) is 17.3. The molecule has 0 N–H and O–H groups in total. The molecule has 0 radical (unpaired) electrons. The molecule has 10 aromatic carbocycles. The summed E-state index contributed by atoms with van der Waals surface area (Å²) in [6.07, 6.45) is 0. The van der Waals surface area contributed by atoms with Crippen LogP contribution < -0.4 is 0 Å². The number of thiophene rings is 1. The first-order chi connectivity index (χ1) is 37.6. The molecule has 5 aromatic heterocycles. The third kappa shape index (κ3) is 5.95. The average Bonchev–Trinajstić information content (AvgIpc) is 4.34. The third-order valence-electron chi connectivity index (χ3n) is 13.4. The van der Waals surface area contributed by atoms with Crippen LogP contribution in [0.15, 0.2) is 227 Å². The summed E-state index contributed by atoms with van der Waals surface area (Å²) in [7, 11) is 0. The molecule has 0 unspecified atom stereocenters. The van der Waals surface area contributed by atoms with Crippen molar-refractivity contribution in [1.82, 2.24) is 19.5 Å². The number of furan rings is 2. The fraction of sp³-hybridized carbons (Fsp3) is 0. The van der Waals surface area contributed by atoms with E-state index in [2.05, 4.69) is 66.7 Å². The second-order valence-corrected chi connectivity index (χ2v) is 18.4. The first kappa shape index (κ1) is 32.5. The van der Waals surface area contributed by atoms with E-state index in [0.717, 1.165) is 91.9 Å². The number of hydrogen-bond donors (Lipinski definition) is 0. The molecule has 0 bridgehead atoms. The summed E-state index contributed by atoms with van der Waals surface area (Å²) >= 11 is 1.71. The number of fused-ring (bicyclic) bond motifs is 12. The molecule has 0 aliphatic heterocycles. The smallest absolute Gasteiger partial charge is 0.166 e. The Morgan fingerprint density at radius 3 is 1.80 bits per heavy atom. The lowest BCUT2D eigenvalue weighted by atomic mass is 9.98. The van der Waals surface area contributed by atoms with Crippen molar-refractivity contribution in [3.05, 3.63) is 218 Å². The first-order valence-corrected chi connectivity index (χ1v) is 23.6. The fourth-order valence-electron chi connectivity index (χ4n) is 10.2. The zero-order valence-corrected chi connectivity index (χ0v) is 37.6. The van der Waals surface area contributed by atoms with E-state index in [-0.39, 0.29) is 57.8 Å². The molecule has 5 heterocycles. The molecular weight excluding hydrogens is 877 g/mol. The quantitative estimate of drug-likeness (QED) is 0.166. The van der Waals surface area contributed by atoms with E-state index in [1.54, 1.807) is 28.0 Å². The minimum atomic E-state index is -0.473. The number of rotatable bonds is 6. The third-order valence-corrected chi connectivity index (χ3v) is 14.5. The van der Waals surface area contributed by atoms with Crippen LogP contribution in [0.1, 0.15) is 9.60 Å². The summed E-state index contributed by atoms with van der Waals surface area (Å²) in [5, 5.41) is 6.39.